The third-order valence-electron chi connectivity index (χ3n) is 7.06. The Kier molecular flexibility index (Phi) is 7.50. The molecular formula is C29H27ClN4O6S. The van der Waals surface area contributed by atoms with Gasteiger partial charge in [0.25, 0.3) is 21.5 Å². The minimum Gasteiger partial charge on any atom is -0.452 e. The summed E-state index contributed by atoms with van der Waals surface area (Å²) in [5, 5.41) is -0.0522. The zero-order valence-corrected chi connectivity index (χ0v) is 24.1. The SMILES string of the molecule is Cc1c(NS(=O)(=O)c2ccc(Cl)c(C(=O)OCC(=O)N3c4ccccc4CC3C)c2)c(=O)n(-c2ccccc2)n1C. The lowest BCUT2D eigenvalue weighted by atomic mass is 10.1. The van der Waals surface area contributed by atoms with Crippen molar-refractivity contribution >= 4 is 44.9 Å². The number of fused-ring (bicyclic) bond motifs is 1. The zero-order valence-electron chi connectivity index (χ0n) is 22.5. The Hall–Kier alpha value is -4.35. The number of nitrogens with one attached hydrogen (secondary N) is 1. The number of para-hydroxylation sites is 2. The van der Waals surface area contributed by atoms with Gasteiger partial charge in [0, 0.05) is 18.8 Å². The maximum Gasteiger partial charge on any atom is 0.340 e. The fourth-order valence-electron chi connectivity index (χ4n) is 4.93. The fraction of sp³-hybridized carbons (Fsp3) is 0.207. The number of ether oxygens (including phenoxy) is 1. The first kappa shape index (κ1) is 28.2. The Balaban J connectivity index is 1.36. The average Bonchev–Trinajstić information content (AvgIpc) is 3.39. The number of halogens is 1. The maximum atomic E-state index is 13.3. The molecule has 4 aromatic rings. The lowest BCUT2D eigenvalue weighted by Gasteiger charge is -2.22. The molecule has 5 rings (SSSR count). The molecule has 0 saturated heterocycles. The van der Waals surface area contributed by atoms with Gasteiger partial charge in [0.15, 0.2) is 6.61 Å². The van der Waals surface area contributed by atoms with Crippen molar-refractivity contribution in [2.75, 3.05) is 16.2 Å². The van der Waals surface area contributed by atoms with Crippen LogP contribution in [0.15, 0.2) is 82.5 Å². The van der Waals surface area contributed by atoms with Crippen molar-refractivity contribution in [1.82, 2.24) is 9.36 Å². The highest BCUT2D eigenvalue weighted by Gasteiger charge is 2.31. The van der Waals surface area contributed by atoms with E-state index in [4.69, 9.17) is 16.3 Å². The molecule has 0 saturated carbocycles. The monoisotopic (exact) mass is 594 g/mol. The molecule has 1 aliphatic heterocycles. The molecule has 212 valence electrons. The summed E-state index contributed by atoms with van der Waals surface area (Å²) in [5.74, 6) is -1.37. The van der Waals surface area contributed by atoms with Gasteiger partial charge in [0.05, 0.1) is 26.9 Å². The molecule has 41 heavy (non-hydrogen) atoms. The number of carbonyl (C=O) groups excluding carboxylic acids is 2. The number of aromatic nitrogens is 2. The van der Waals surface area contributed by atoms with Crippen LogP contribution in [0.3, 0.4) is 0 Å². The van der Waals surface area contributed by atoms with Gasteiger partial charge >= 0.3 is 5.97 Å². The first-order chi connectivity index (χ1) is 19.5. The van der Waals surface area contributed by atoms with Crippen LogP contribution in [0.2, 0.25) is 5.02 Å². The number of hydrogen-bond acceptors (Lipinski definition) is 6. The smallest absolute Gasteiger partial charge is 0.340 e. The van der Waals surface area contributed by atoms with Crippen LogP contribution in [0.1, 0.15) is 28.5 Å². The van der Waals surface area contributed by atoms with Gasteiger partial charge in [-0.1, -0.05) is 48.0 Å². The molecule has 1 aliphatic rings. The minimum atomic E-state index is -4.32. The highest BCUT2D eigenvalue weighted by atomic mass is 35.5. The number of sulfonamides is 1. The van der Waals surface area contributed by atoms with Gasteiger partial charge in [0.1, 0.15) is 5.69 Å². The molecule has 0 aliphatic carbocycles. The van der Waals surface area contributed by atoms with Gasteiger partial charge in [-0.25, -0.2) is 17.9 Å². The molecule has 0 radical (unpaired) electrons. The van der Waals surface area contributed by atoms with E-state index in [0.29, 0.717) is 17.8 Å². The highest BCUT2D eigenvalue weighted by Crippen LogP contribution is 2.32. The zero-order chi connectivity index (χ0) is 29.5. The summed E-state index contributed by atoms with van der Waals surface area (Å²) in [6.07, 6.45) is 0.686. The summed E-state index contributed by atoms with van der Waals surface area (Å²) in [6, 6.07) is 19.7. The number of esters is 1. The van der Waals surface area contributed by atoms with Crippen LogP contribution in [-0.4, -0.2) is 42.3 Å². The van der Waals surface area contributed by atoms with Gasteiger partial charge in [-0.15, -0.1) is 0 Å². The fourth-order valence-corrected chi connectivity index (χ4v) is 6.26. The summed E-state index contributed by atoms with van der Waals surface area (Å²) in [4.78, 5) is 40.3. The van der Waals surface area contributed by atoms with E-state index in [1.165, 1.54) is 21.5 Å². The summed E-state index contributed by atoms with van der Waals surface area (Å²) in [5.41, 5.74) is 1.80. The number of hydrogen-bond donors (Lipinski definition) is 1. The Morgan fingerprint density at radius 1 is 1.05 bits per heavy atom. The van der Waals surface area contributed by atoms with Crippen molar-refractivity contribution in [3.63, 3.8) is 0 Å². The Morgan fingerprint density at radius 3 is 2.46 bits per heavy atom. The quantitative estimate of drug-likeness (QED) is 0.322. The largest absolute Gasteiger partial charge is 0.452 e. The van der Waals surface area contributed by atoms with E-state index >= 15 is 0 Å². The van der Waals surface area contributed by atoms with Crippen LogP contribution < -0.4 is 15.2 Å². The molecule has 1 unspecified atom stereocenters. The van der Waals surface area contributed by atoms with Gasteiger partial charge < -0.3 is 9.64 Å². The second-order valence-corrected chi connectivity index (χ2v) is 11.8. The van der Waals surface area contributed by atoms with E-state index < -0.39 is 34.1 Å². The maximum absolute atomic E-state index is 13.3. The molecule has 1 N–H and O–H groups in total. The molecule has 0 fully saturated rings. The van der Waals surface area contributed by atoms with Crippen LogP contribution in [-0.2, 0) is 33.0 Å². The molecule has 0 spiro atoms. The lowest BCUT2D eigenvalue weighted by molar-refractivity contribution is -0.122. The normalized spacial score (nSPS) is 14.5. The van der Waals surface area contributed by atoms with Gasteiger partial charge in [-0.3, -0.25) is 19.0 Å². The number of anilines is 2. The number of benzene rings is 3. The van der Waals surface area contributed by atoms with Crippen LogP contribution >= 0.6 is 11.6 Å². The molecule has 2 heterocycles. The molecule has 0 bridgehead atoms. The minimum absolute atomic E-state index is 0.0522. The van der Waals surface area contributed by atoms with Crippen LogP contribution in [0.4, 0.5) is 11.4 Å². The molecule has 10 nitrogen and oxygen atoms in total. The number of amides is 1. The van der Waals surface area contributed by atoms with Gasteiger partial charge in [0.2, 0.25) is 0 Å². The molecule has 1 aromatic heterocycles. The highest BCUT2D eigenvalue weighted by molar-refractivity contribution is 7.92. The predicted octanol–water partition coefficient (Wildman–Crippen LogP) is 4.07. The third-order valence-corrected chi connectivity index (χ3v) is 8.74. The van der Waals surface area contributed by atoms with E-state index in [2.05, 4.69) is 4.72 Å². The molecule has 1 atom stereocenters. The van der Waals surface area contributed by atoms with Crippen molar-refractivity contribution in [2.45, 2.75) is 31.2 Å². The van der Waals surface area contributed by atoms with Gasteiger partial charge in [-0.05, 0) is 62.2 Å². The standard InChI is InChI=1S/C29H27ClN4O6S/c1-18-15-20-9-7-8-12-25(20)33(18)26(35)17-40-29(37)23-16-22(13-14-24(23)30)41(38,39)31-27-19(2)32(3)34(28(27)36)21-10-5-4-6-11-21/h4-14,16,18,31H,15,17H2,1-3H3. The second-order valence-electron chi connectivity index (χ2n) is 9.71. The van der Waals surface area contributed by atoms with Crippen LogP contribution in [0.5, 0.6) is 0 Å². The second kappa shape index (κ2) is 10.9. The molecule has 1 amide bonds. The van der Waals surface area contributed by atoms with Crippen LogP contribution in [0.25, 0.3) is 5.69 Å². The lowest BCUT2D eigenvalue weighted by Crippen LogP contribution is -2.38. The summed E-state index contributed by atoms with van der Waals surface area (Å²) in [6.45, 7) is 2.96. The molecular weight excluding hydrogens is 568 g/mol. The summed E-state index contributed by atoms with van der Waals surface area (Å²) in [7, 11) is -2.68. The van der Waals surface area contributed by atoms with E-state index in [-0.39, 0.29) is 27.2 Å². The third kappa shape index (κ3) is 5.25. The number of rotatable bonds is 7. The summed E-state index contributed by atoms with van der Waals surface area (Å²) < 4.78 is 37.1. The summed E-state index contributed by atoms with van der Waals surface area (Å²) >= 11 is 6.21. The van der Waals surface area contributed by atoms with Crippen molar-refractivity contribution in [2.24, 2.45) is 7.05 Å². The van der Waals surface area contributed by atoms with Crippen molar-refractivity contribution in [3.8, 4) is 5.69 Å². The van der Waals surface area contributed by atoms with E-state index in [1.54, 1.807) is 49.2 Å². The van der Waals surface area contributed by atoms with Crippen molar-refractivity contribution in [3.05, 3.63) is 105 Å². The number of carbonyl (C=O) groups is 2. The average molecular weight is 595 g/mol. The first-order valence-electron chi connectivity index (χ1n) is 12.7. The van der Waals surface area contributed by atoms with Crippen molar-refractivity contribution in [1.29, 1.82) is 0 Å². The molecule has 12 heteroatoms. The number of nitrogens with zero attached hydrogens (tertiary/aromatic N) is 3. The Morgan fingerprint density at radius 2 is 1.73 bits per heavy atom. The van der Waals surface area contributed by atoms with E-state index in [0.717, 1.165) is 17.3 Å². The topological polar surface area (TPSA) is 120 Å². The first-order valence-corrected chi connectivity index (χ1v) is 14.6. The van der Waals surface area contributed by atoms with E-state index in [1.807, 2.05) is 31.2 Å². The predicted molar refractivity (Wildman–Crippen MR) is 155 cm³/mol. The van der Waals surface area contributed by atoms with Gasteiger partial charge in [-0.2, -0.15) is 0 Å². The Bertz CT molecular complexity index is 1830. The van der Waals surface area contributed by atoms with E-state index in [9.17, 15) is 22.8 Å². The van der Waals surface area contributed by atoms with Crippen molar-refractivity contribution < 1.29 is 22.7 Å². The molecule has 3 aromatic carbocycles. The van der Waals surface area contributed by atoms with Crippen LogP contribution in [0, 0.1) is 6.92 Å². The Labute approximate surface area is 241 Å².